The second kappa shape index (κ2) is 8.43. The zero-order valence-electron chi connectivity index (χ0n) is 12.9. The maximum atomic E-state index is 5.79. The minimum absolute atomic E-state index is 0.00895. The van der Waals surface area contributed by atoms with Crippen molar-refractivity contribution < 1.29 is 4.74 Å². The van der Waals surface area contributed by atoms with E-state index < -0.39 is 0 Å². The van der Waals surface area contributed by atoms with Gasteiger partial charge in [0.25, 0.3) is 0 Å². The van der Waals surface area contributed by atoms with Gasteiger partial charge in [0.2, 0.25) is 5.96 Å². The molecule has 0 fully saturated rings. The fraction of sp³-hybridized carbons (Fsp3) is 0.176. The summed E-state index contributed by atoms with van der Waals surface area (Å²) in [6, 6.07) is 17.6. The van der Waals surface area contributed by atoms with E-state index in [1.165, 1.54) is 5.56 Å². The van der Waals surface area contributed by atoms with Gasteiger partial charge >= 0.3 is 0 Å². The third kappa shape index (κ3) is 5.70. The zero-order valence-corrected chi connectivity index (χ0v) is 12.9. The zero-order chi connectivity index (χ0) is 16.5. The predicted molar refractivity (Wildman–Crippen MR) is 93.8 cm³/mol. The highest BCUT2D eigenvalue weighted by atomic mass is 16.5. The normalized spacial score (nSPS) is 11.0. The number of hydrogen-bond acceptors (Lipinski definition) is 2. The van der Waals surface area contributed by atoms with Crippen LogP contribution >= 0.6 is 0 Å². The Morgan fingerprint density at radius 1 is 0.913 bits per heavy atom. The molecular weight excluding hydrogens is 290 g/mol. The number of nitrogens with zero attached hydrogens (tertiary/aromatic N) is 2. The maximum absolute atomic E-state index is 5.79. The van der Waals surface area contributed by atoms with Gasteiger partial charge in [-0.3, -0.25) is 0 Å². The van der Waals surface area contributed by atoms with E-state index in [-0.39, 0.29) is 11.9 Å². The van der Waals surface area contributed by atoms with Crippen molar-refractivity contribution in [2.75, 3.05) is 6.61 Å². The summed E-state index contributed by atoms with van der Waals surface area (Å²) in [7, 11) is 0. The number of guanidine groups is 2. The summed E-state index contributed by atoms with van der Waals surface area (Å²) in [6.07, 6.45) is 1.87. The molecule has 0 heterocycles. The molecule has 0 amide bonds. The second-order valence-corrected chi connectivity index (χ2v) is 4.91. The molecule has 0 aliphatic rings. The molecule has 0 aromatic heterocycles. The topological polar surface area (TPSA) is 112 Å². The van der Waals surface area contributed by atoms with Gasteiger partial charge in [0.1, 0.15) is 11.4 Å². The number of aliphatic imine (C=N–C) groups is 2. The van der Waals surface area contributed by atoms with Crippen molar-refractivity contribution in [2.45, 2.75) is 12.8 Å². The first-order valence-electron chi connectivity index (χ1n) is 7.34. The molecule has 0 radical (unpaired) electrons. The van der Waals surface area contributed by atoms with Gasteiger partial charge < -0.3 is 21.9 Å². The third-order valence-electron chi connectivity index (χ3n) is 3.05. The molecule has 0 saturated carbocycles. The fourth-order valence-electron chi connectivity index (χ4n) is 2.06. The Bertz CT molecular complexity index is 678. The van der Waals surface area contributed by atoms with Gasteiger partial charge in [-0.25, -0.2) is 4.99 Å². The number of benzene rings is 2. The third-order valence-corrected chi connectivity index (χ3v) is 3.05. The van der Waals surface area contributed by atoms with E-state index in [1.807, 2.05) is 36.4 Å². The van der Waals surface area contributed by atoms with Crippen molar-refractivity contribution >= 4 is 17.6 Å². The van der Waals surface area contributed by atoms with Crippen LogP contribution in [0.3, 0.4) is 0 Å². The smallest absolute Gasteiger partial charge is 0.223 e. The Morgan fingerprint density at radius 2 is 1.61 bits per heavy atom. The van der Waals surface area contributed by atoms with Crippen LogP contribution < -0.4 is 21.9 Å². The Morgan fingerprint density at radius 3 is 2.35 bits per heavy atom. The van der Waals surface area contributed by atoms with Gasteiger partial charge in [0, 0.05) is 0 Å². The number of para-hydroxylation sites is 2. The van der Waals surface area contributed by atoms with Crippen LogP contribution in [0.1, 0.15) is 12.0 Å². The molecule has 0 aliphatic heterocycles. The molecule has 0 saturated heterocycles. The molecule has 2 aromatic carbocycles. The van der Waals surface area contributed by atoms with Crippen LogP contribution in [0, 0.1) is 0 Å². The molecule has 6 heteroatoms. The van der Waals surface area contributed by atoms with Crippen molar-refractivity contribution in [3.8, 4) is 5.75 Å². The minimum Gasteiger partial charge on any atom is -0.491 e. The van der Waals surface area contributed by atoms with Gasteiger partial charge in [-0.2, -0.15) is 4.99 Å². The molecule has 2 rings (SSSR count). The first kappa shape index (κ1) is 16.4. The van der Waals surface area contributed by atoms with E-state index in [4.69, 9.17) is 21.9 Å². The van der Waals surface area contributed by atoms with Gasteiger partial charge in [0.15, 0.2) is 5.96 Å². The van der Waals surface area contributed by atoms with Gasteiger partial charge in [-0.05, 0) is 30.5 Å². The first-order chi connectivity index (χ1) is 11.1. The van der Waals surface area contributed by atoms with Gasteiger partial charge in [0.05, 0.1) is 6.61 Å². The highest BCUT2D eigenvalue weighted by Crippen LogP contribution is 2.27. The molecule has 0 spiro atoms. The predicted octanol–water partition coefficient (Wildman–Crippen LogP) is 1.92. The highest BCUT2D eigenvalue weighted by molar-refractivity contribution is 5.93. The van der Waals surface area contributed by atoms with Crippen molar-refractivity contribution in [1.82, 2.24) is 0 Å². The highest BCUT2D eigenvalue weighted by Gasteiger charge is 2.03. The fourth-order valence-corrected chi connectivity index (χ4v) is 2.06. The van der Waals surface area contributed by atoms with Crippen LogP contribution in [0.15, 0.2) is 64.6 Å². The van der Waals surface area contributed by atoms with Crippen molar-refractivity contribution in [1.29, 1.82) is 0 Å². The molecule has 0 unspecified atom stereocenters. The van der Waals surface area contributed by atoms with Crippen LogP contribution in [0.25, 0.3) is 0 Å². The van der Waals surface area contributed by atoms with E-state index >= 15 is 0 Å². The van der Waals surface area contributed by atoms with Gasteiger partial charge in [-0.1, -0.05) is 42.5 Å². The largest absolute Gasteiger partial charge is 0.491 e. The number of nitrogens with two attached hydrogens (primary N) is 3. The minimum atomic E-state index is -0.132. The average molecular weight is 311 g/mol. The van der Waals surface area contributed by atoms with Crippen molar-refractivity contribution in [2.24, 2.45) is 27.2 Å². The standard InChI is InChI=1S/C17H21N5O/c18-16(19)22-17(20)21-14-10-4-5-11-15(14)23-12-6-9-13-7-2-1-3-8-13/h1-5,7-8,10-11H,6,9,12H2,(H6,18,19,20,21,22). The Hall–Kier alpha value is -3.02. The van der Waals surface area contributed by atoms with Crippen LogP contribution in [0.5, 0.6) is 5.75 Å². The number of ether oxygens (including phenoxy) is 1. The molecular formula is C17H21N5O. The van der Waals surface area contributed by atoms with Gasteiger partial charge in [-0.15, -0.1) is 0 Å². The molecule has 6 N–H and O–H groups in total. The maximum Gasteiger partial charge on any atom is 0.223 e. The summed E-state index contributed by atoms with van der Waals surface area (Å²) in [6.45, 7) is 0.587. The Labute approximate surface area is 135 Å². The quantitative estimate of drug-likeness (QED) is 0.430. The van der Waals surface area contributed by atoms with E-state index in [0.29, 0.717) is 18.0 Å². The summed E-state index contributed by atoms with van der Waals surface area (Å²) in [5, 5.41) is 0. The second-order valence-electron chi connectivity index (χ2n) is 4.91. The summed E-state index contributed by atoms with van der Waals surface area (Å²) in [4.78, 5) is 7.85. The van der Waals surface area contributed by atoms with E-state index in [2.05, 4.69) is 22.1 Å². The molecule has 0 bridgehead atoms. The number of aryl methyl sites for hydroxylation is 1. The van der Waals surface area contributed by atoms with E-state index in [9.17, 15) is 0 Å². The lowest BCUT2D eigenvalue weighted by atomic mass is 10.1. The molecule has 23 heavy (non-hydrogen) atoms. The lowest BCUT2D eigenvalue weighted by Crippen LogP contribution is -2.26. The summed E-state index contributed by atoms with van der Waals surface area (Å²) < 4.78 is 5.79. The molecule has 2 aromatic rings. The average Bonchev–Trinajstić information content (AvgIpc) is 2.53. The SMILES string of the molecule is NC(N)=NC(N)=Nc1ccccc1OCCCc1ccccc1. The first-order valence-corrected chi connectivity index (χ1v) is 7.34. The lowest BCUT2D eigenvalue weighted by molar-refractivity contribution is 0.312. The molecule has 120 valence electrons. The number of hydrogen-bond donors (Lipinski definition) is 3. The van der Waals surface area contributed by atoms with Crippen LogP contribution in [-0.2, 0) is 6.42 Å². The van der Waals surface area contributed by atoms with Crippen molar-refractivity contribution in [3.63, 3.8) is 0 Å². The Balaban J connectivity index is 1.94. The Kier molecular flexibility index (Phi) is 5.99. The van der Waals surface area contributed by atoms with Crippen molar-refractivity contribution in [3.05, 3.63) is 60.2 Å². The molecule has 0 atom stereocenters. The van der Waals surface area contributed by atoms with E-state index in [1.54, 1.807) is 6.07 Å². The monoisotopic (exact) mass is 311 g/mol. The lowest BCUT2D eigenvalue weighted by Gasteiger charge is -2.09. The summed E-state index contributed by atoms with van der Waals surface area (Å²) in [5.41, 5.74) is 18.1. The molecule has 6 nitrogen and oxygen atoms in total. The summed E-state index contributed by atoms with van der Waals surface area (Å²) in [5.74, 6) is 0.507. The summed E-state index contributed by atoms with van der Waals surface area (Å²) >= 11 is 0. The van der Waals surface area contributed by atoms with Crippen LogP contribution in [0.2, 0.25) is 0 Å². The molecule has 0 aliphatic carbocycles. The van der Waals surface area contributed by atoms with Crippen LogP contribution in [-0.4, -0.2) is 18.5 Å². The van der Waals surface area contributed by atoms with E-state index in [0.717, 1.165) is 12.8 Å². The number of rotatable bonds is 6. The van der Waals surface area contributed by atoms with Crippen LogP contribution in [0.4, 0.5) is 5.69 Å².